The minimum atomic E-state index is -0.0338. The highest BCUT2D eigenvalue weighted by molar-refractivity contribution is 5.96. The summed E-state index contributed by atoms with van der Waals surface area (Å²) >= 11 is 0. The van der Waals surface area contributed by atoms with Crippen molar-refractivity contribution in [3.05, 3.63) is 29.3 Å². The Morgan fingerprint density at radius 2 is 1.64 bits per heavy atom. The third-order valence-corrected chi connectivity index (χ3v) is 5.07. The highest BCUT2D eigenvalue weighted by Gasteiger charge is 2.24. The lowest BCUT2D eigenvalue weighted by atomic mass is 10.1. The van der Waals surface area contributed by atoms with E-state index in [4.69, 9.17) is 0 Å². The molecular formula is C20H29N3O2. The van der Waals surface area contributed by atoms with Gasteiger partial charge in [-0.3, -0.25) is 9.59 Å². The molecule has 0 bridgehead atoms. The number of anilines is 1. The fourth-order valence-electron chi connectivity index (χ4n) is 3.33. The van der Waals surface area contributed by atoms with Gasteiger partial charge in [0.05, 0.1) is 6.54 Å². The van der Waals surface area contributed by atoms with Gasteiger partial charge in [0.15, 0.2) is 0 Å². The van der Waals surface area contributed by atoms with Crippen LogP contribution in [0.25, 0.3) is 0 Å². The van der Waals surface area contributed by atoms with E-state index in [-0.39, 0.29) is 18.4 Å². The number of hydrogen-bond acceptors (Lipinski definition) is 3. The van der Waals surface area contributed by atoms with Crippen molar-refractivity contribution in [1.82, 2.24) is 10.6 Å². The predicted molar refractivity (Wildman–Crippen MR) is 99.8 cm³/mol. The topological polar surface area (TPSA) is 70.2 Å². The maximum absolute atomic E-state index is 12.2. The van der Waals surface area contributed by atoms with Crippen molar-refractivity contribution in [2.24, 2.45) is 0 Å². The summed E-state index contributed by atoms with van der Waals surface area (Å²) in [6.07, 6.45) is 9.28. The lowest BCUT2D eigenvalue weighted by molar-refractivity contribution is -0.120. The van der Waals surface area contributed by atoms with Gasteiger partial charge < -0.3 is 16.0 Å². The van der Waals surface area contributed by atoms with Gasteiger partial charge in [-0.2, -0.15) is 0 Å². The first-order valence-electron chi connectivity index (χ1n) is 9.56. The number of benzene rings is 1. The molecule has 0 heterocycles. The standard InChI is InChI=1S/C20H29N3O2/c1-14-8-9-15(20(25)23-17-10-11-17)12-18(14)21-13-19(24)22-16-6-4-2-3-5-7-16/h8-9,12,16-17,21H,2-7,10-11,13H2,1H3,(H,22,24)(H,23,25). The molecule has 0 aliphatic heterocycles. The molecule has 0 aromatic heterocycles. The lowest BCUT2D eigenvalue weighted by Crippen LogP contribution is -2.38. The van der Waals surface area contributed by atoms with Crippen LogP contribution in [0.3, 0.4) is 0 Å². The van der Waals surface area contributed by atoms with Gasteiger partial charge in [-0.1, -0.05) is 31.7 Å². The van der Waals surface area contributed by atoms with Crippen molar-refractivity contribution in [1.29, 1.82) is 0 Å². The minimum absolute atomic E-state index is 0.0270. The monoisotopic (exact) mass is 343 g/mol. The highest BCUT2D eigenvalue weighted by atomic mass is 16.2. The van der Waals surface area contributed by atoms with Crippen LogP contribution in [0.2, 0.25) is 0 Å². The summed E-state index contributed by atoms with van der Waals surface area (Å²) < 4.78 is 0. The number of carbonyl (C=O) groups excluding carboxylic acids is 2. The second-order valence-electron chi connectivity index (χ2n) is 7.39. The van der Waals surface area contributed by atoms with Gasteiger partial charge in [-0.15, -0.1) is 0 Å². The smallest absolute Gasteiger partial charge is 0.251 e. The second kappa shape index (κ2) is 8.37. The Morgan fingerprint density at radius 3 is 2.32 bits per heavy atom. The fraction of sp³-hybridized carbons (Fsp3) is 0.600. The molecule has 5 nitrogen and oxygen atoms in total. The van der Waals surface area contributed by atoms with Gasteiger partial charge in [0, 0.05) is 23.3 Å². The zero-order chi connectivity index (χ0) is 17.6. The first-order valence-corrected chi connectivity index (χ1v) is 9.56. The van der Waals surface area contributed by atoms with Crippen LogP contribution < -0.4 is 16.0 Å². The Labute approximate surface area is 150 Å². The molecular weight excluding hydrogens is 314 g/mol. The highest BCUT2D eigenvalue weighted by Crippen LogP contribution is 2.21. The van der Waals surface area contributed by atoms with E-state index in [1.54, 1.807) is 0 Å². The molecule has 0 atom stereocenters. The molecule has 0 saturated heterocycles. The van der Waals surface area contributed by atoms with Crippen LogP contribution in [0, 0.1) is 6.92 Å². The number of rotatable bonds is 6. The van der Waals surface area contributed by atoms with Crippen LogP contribution in [0.15, 0.2) is 18.2 Å². The maximum Gasteiger partial charge on any atom is 0.251 e. The number of amides is 2. The first-order chi connectivity index (χ1) is 12.1. The Hall–Kier alpha value is -2.04. The molecule has 3 N–H and O–H groups in total. The SMILES string of the molecule is Cc1ccc(C(=O)NC2CC2)cc1NCC(=O)NC1CCCCCC1. The number of carbonyl (C=O) groups is 2. The van der Waals surface area contributed by atoms with E-state index >= 15 is 0 Å². The molecule has 5 heteroatoms. The number of aryl methyl sites for hydroxylation is 1. The average molecular weight is 343 g/mol. The van der Waals surface area contributed by atoms with E-state index in [9.17, 15) is 9.59 Å². The Morgan fingerprint density at radius 1 is 0.960 bits per heavy atom. The van der Waals surface area contributed by atoms with Crippen LogP contribution >= 0.6 is 0 Å². The molecule has 1 aromatic carbocycles. The zero-order valence-corrected chi connectivity index (χ0v) is 15.1. The summed E-state index contributed by atoms with van der Waals surface area (Å²) in [6, 6.07) is 6.26. The largest absolute Gasteiger partial charge is 0.376 e. The van der Waals surface area contributed by atoms with Gasteiger partial charge in [0.2, 0.25) is 5.91 Å². The molecule has 2 aliphatic rings. The van der Waals surface area contributed by atoms with Crippen molar-refractivity contribution in [2.75, 3.05) is 11.9 Å². The van der Waals surface area contributed by atoms with Crippen molar-refractivity contribution < 1.29 is 9.59 Å². The van der Waals surface area contributed by atoms with Crippen molar-refractivity contribution in [3.63, 3.8) is 0 Å². The summed E-state index contributed by atoms with van der Waals surface area (Å²) in [6.45, 7) is 2.22. The summed E-state index contributed by atoms with van der Waals surface area (Å²) in [7, 11) is 0. The van der Waals surface area contributed by atoms with E-state index in [0.29, 0.717) is 17.6 Å². The zero-order valence-electron chi connectivity index (χ0n) is 15.1. The summed E-state index contributed by atoms with van der Waals surface area (Å²) in [5.74, 6) is -0.00686. The molecule has 0 spiro atoms. The molecule has 0 radical (unpaired) electrons. The molecule has 136 valence electrons. The fourth-order valence-corrected chi connectivity index (χ4v) is 3.33. The molecule has 2 saturated carbocycles. The third kappa shape index (κ3) is 5.48. The van der Waals surface area contributed by atoms with Crippen LogP contribution in [0.5, 0.6) is 0 Å². The number of hydrogen-bond donors (Lipinski definition) is 3. The van der Waals surface area contributed by atoms with Gasteiger partial charge >= 0.3 is 0 Å². The molecule has 2 fully saturated rings. The van der Waals surface area contributed by atoms with Crippen LogP contribution in [0.4, 0.5) is 5.69 Å². The Bertz CT molecular complexity index is 617. The summed E-state index contributed by atoms with van der Waals surface area (Å²) in [5.41, 5.74) is 2.52. The third-order valence-electron chi connectivity index (χ3n) is 5.07. The number of nitrogens with one attached hydrogen (secondary N) is 3. The molecule has 2 aliphatic carbocycles. The molecule has 0 unspecified atom stereocenters. The Kier molecular flexibility index (Phi) is 5.95. The van der Waals surface area contributed by atoms with Crippen molar-refractivity contribution in [3.8, 4) is 0 Å². The van der Waals surface area contributed by atoms with Gasteiger partial charge in [0.1, 0.15) is 0 Å². The van der Waals surface area contributed by atoms with Gasteiger partial charge in [0.25, 0.3) is 5.91 Å². The average Bonchev–Trinajstić information content (AvgIpc) is 3.42. The second-order valence-corrected chi connectivity index (χ2v) is 7.39. The van der Waals surface area contributed by atoms with Crippen molar-refractivity contribution in [2.45, 2.75) is 70.4 Å². The van der Waals surface area contributed by atoms with Gasteiger partial charge in [-0.25, -0.2) is 0 Å². The molecule has 1 aromatic rings. The molecule has 3 rings (SSSR count). The lowest BCUT2D eigenvalue weighted by Gasteiger charge is -2.17. The quantitative estimate of drug-likeness (QED) is 0.695. The molecule has 25 heavy (non-hydrogen) atoms. The first kappa shape index (κ1) is 17.8. The van der Waals surface area contributed by atoms with E-state index in [1.165, 1.54) is 25.7 Å². The van der Waals surface area contributed by atoms with E-state index in [1.807, 2.05) is 25.1 Å². The summed E-state index contributed by atoms with van der Waals surface area (Å²) in [4.78, 5) is 24.4. The Balaban J connectivity index is 1.52. The van der Waals surface area contributed by atoms with Crippen LogP contribution in [0.1, 0.15) is 67.3 Å². The normalized spacial score (nSPS) is 18.3. The molecule has 2 amide bonds. The predicted octanol–water partition coefficient (Wildman–Crippen LogP) is 3.14. The van der Waals surface area contributed by atoms with Gasteiger partial charge in [-0.05, 0) is 50.3 Å². The van der Waals surface area contributed by atoms with Crippen LogP contribution in [-0.2, 0) is 4.79 Å². The minimum Gasteiger partial charge on any atom is -0.376 e. The van der Waals surface area contributed by atoms with E-state index in [2.05, 4.69) is 16.0 Å². The summed E-state index contributed by atoms with van der Waals surface area (Å²) in [5, 5.41) is 9.33. The van der Waals surface area contributed by atoms with Crippen molar-refractivity contribution >= 4 is 17.5 Å². The van der Waals surface area contributed by atoms with E-state index < -0.39 is 0 Å². The van der Waals surface area contributed by atoms with Crippen LogP contribution in [-0.4, -0.2) is 30.4 Å². The maximum atomic E-state index is 12.2. The van der Waals surface area contributed by atoms with E-state index in [0.717, 1.165) is 36.9 Å².